The molecule has 6 heteroatoms. The molecule has 0 bridgehead atoms. The van der Waals surface area contributed by atoms with Crippen LogP contribution in [0.3, 0.4) is 0 Å². The molecule has 0 saturated heterocycles. The Bertz CT molecular complexity index is 677. The highest BCUT2D eigenvalue weighted by atomic mass is 32.2. The highest BCUT2D eigenvalue weighted by Gasteiger charge is 2.10. The van der Waals surface area contributed by atoms with Crippen molar-refractivity contribution < 1.29 is 8.42 Å². The molecule has 0 spiro atoms. The van der Waals surface area contributed by atoms with Crippen LogP contribution >= 0.6 is 0 Å². The Kier molecular flexibility index (Phi) is 4.44. The quantitative estimate of drug-likeness (QED) is 0.860. The van der Waals surface area contributed by atoms with E-state index in [-0.39, 0.29) is 5.75 Å². The zero-order valence-corrected chi connectivity index (χ0v) is 12.5. The molecule has 0 aliphatic heterocycles. The molecule has 0 aliphatic carbocycles. The number of benzene rings is 1. The molecule has 0 aliphatic rings. The lowest BCUT2D eigenvalue weighted by Gasteiger charge is -2.08. The minimum atomic E-state index is -3.27. The van der Waals surface area contributed by atoms with Crippen molar-refractivity contribution in [1.82, 2.24) is 9.97 Å². The molecule has 0 saturated carbocycles. The molecule has 1 aromatic heterocycles. The van der Waals surface area contributed by atoms with E-state index in [0.29, 0.717) is 12.1 Å². The van der Waals surface area contributed by atoms with Gasteiger partial charge in [0.2, 0.25) is 10.0 Å². The fourth-order valence-electron chi connectivity index (χ4n) is 1.88. The first-order chi connectivity index (χ1) is 9.50. The molecule has 1 aromatic carbocycles. The topological polar surface area (TPSA) is 74.8 Å². The second-order valence-electron chi connectivity index (χ2n) is 4.74. The Morgan fingerprint density at radius 3 is 2.80 bits per heavy atom. The number of imidazole rings is 1. The Labute approximate surface area is 119 Å². The first kappa shape index (κ1) is 14.6. The second kappa shape index (κ2) is 6.09. The van der Waals surface area contributed by atoms with Gasteiger partial charge in [-0.15, -0.1) is 0 Å². The summed E-state index contributed by atoms with van der Waals surface area (Å²) in [7, 11) is -3.27. The number of hydrogen-bond donors (Lipinski definition) is 2. The maximum atomic E-state index is 11.9. The third-order valence-corrected chi connectivity index (χ3v) is 4.29. The summed E-state index contributed by atoms with van der Waals surface area (Å²) < 4.78 is 26.4. The summed E-state index contributed by atoms with van der Waals surface area (Å²) in [6.45, 7) is 3.84. The van der Waals surface area contributed by atoms with Gasteiger partial charge in [-0.25, -0.2) is 13.4 Å². The molecule has 20 heavy (non-hydrogen) atoms. The Hall–Kier alpha value is -1.82. The zero-order valence-electron chi connectivity index (χ0n) is 11.7. The van der Waals surface area contributed by atoms with E-state index in [1.165, 1.54) is 0 Å². The molecule has 108 valence electrons. The molecular formula is C14H19N3O2S. The van der Waals surface area contributed by atoms with Crippen molar-refractivity contribution in [1.29, 1.82) is 0 Å². The monoisotopic (exact) mass is 293 g/mol. The lowest BCUT2D eigenvalue weighted by atomic mass is 10.1. The van der Waals surface area contributed by atoms with Gasteiger partial charge in [-0.3, -0.25) is 4.72 Å². The smallest absolute Gasteiger partial charge is 0.232 e. The Balaban J connectivity index is 2.18. The van der Waals surface area contributed by atoms with Gasteiger partial charge in [-0.1, -0.05) is 25.5 Å². The van der Waals surface area contributed by atoms with E-state index in [1.807, 2.05) is 26.0 Å². The van der Waals surface area contributed by atoms with Crippen LogP contribution in [0.1, 0.15) is 25.6 Å². The summed E-state index contributed by atoms with van der Waals surface area (Å²) in [5.74, 6) is 0.977. The van der Waals surface area contributed by atoms with E-state index >= 15 is 0 Å². The number of unbranched alkanes of at least 4 members (excludes halogenated alkanes) is 1. The summed E-state index contributed by atoms with van der Waals surface area (Å²) in [6.07, 6.45) is 3.25. The van der Waals surface area contributed by atoms with Crippen LogP contribution in [0.25, 0.3) is 11.3 Å². The number of aromatic nitrogens is 2. The third-order valence-electron chi connectivity index (χ3n) is 2.92. The van der Waals surface area contributed by atoms with Gasteiger partial charge < -0.3 is 4.98 Å². The number of sulfonamides is 1. The van der Waals surface area contributed by atoms with Crippen LogP contribution in [0.4, 0.5) is 5.69 Å². The molecular weight excluding hydrogens is 274 g/mol. The number of nitrogens with zero attached hydrogens (tertiary/aromatic N) is 1. The van der Waals surface area contributed by atoms with Gasteiger partial charge in [0, 0.05) is 11.3 Å². The number of nitrogens with one attached hydrogen (secondary N) is 2. The Morgan fingerprint density at radius 1 is 1.35 bits per heavy atom. The van der Waals surface area contributed by atoms with Gasteiger partial charge >= 0.3 is 0 Å². The largest absolute Gasteiger partial charge is 0.342 e. The lowest BCUT2D eigenvalue weighted by Crippen LogP contribution is -2.16. The highest BCUT2D eigenvalue weighted by molar-refractivity contribution is 7.92. The molecule has 2 rings (SSSR count). The predicted molar refractivity (Wildman–Crippen MR) is 81.1 cm³/mol. The van der Waals surface area contributed by atoms with Crippen LogP contribution in [-0.2, 0) is 10.0 Å². The SMILES string of the molecule is CCCCS(=O)(=O)Nc1cccc(-c2cnc(C)[nH]2)c1. The summed E-state index contributed by atoms with van der Waals surface area (Å²) in [5, 5.41) is 0. The van der Waals surface area contributed by atoms with Gasteiger partial charge in [-0.2, -0.15) is 0 Å². The van der Waals surface area contributed by atoms with Gasteiger partial charge in [-0.05, 0) is 25.5 Å². The predicted octanol–water partition coefficient (Wildman–Crippen LogP) is 2.93. The number of hydrogen-bond acceptors (Lipinski definition) is 3. The van der Waals surface area contributed by atoms with E-state index in [0.717, 1.165) is 23.5 Å². The summed E-state index contributed by atoms with van der Waals surface area (Å²) >= 11 is 0. The van der Waals surface area contributed by atoms with Crippen LogP contribution in [0.5, 0.6) is 0 Å². The number of aryl methyl sites for hydroxylation is 1. The minimum Gasteiger partial charge on any atom is -0.342 e. The third kappa shape index (κ3) is 3.84. The van der Waals surface area contributed by atoms with Crippen LogP contribution in [0.15, 0.2) is 30.5 Å². The number of H-pyrrole nitrogens is 1. The average molecular weight is 293 g/mol. The first-order valence-corrected chi connectivity index (χ1v) is 8.28. The lowest BCUT2D eigenvalue weighted by molar-refractivity contribution is 0.598. The number of anilines is 1. The highest BCUT2D eigenvalue weighted by Crippen LogP contribution is 2.21. The van der Waals surface area contributed by atoms with Gasteiger partial charge in [0.25, 0.3) is 0 Å². The van der Waals surface area contributed by atoms with Gasteiger partial charge in [0.15, 0.2) is 0 Å². The molecule has 0 unspecified atom stereocenters. The molecule has 0 amide bonds. The summed E-state index contributed by atoms with van der Waals surface area (Å²) in [4.78, 5) is 7.27. The van der Waals surface area contributed by atoms with Crippen LogP contribution in [0, 0.1) is 6.92 Å². The molecule has 2 aromatic rings. The van der Waals surface area contributed by atoms with E-state index in [9.17, 15) is 8.42 Å². The molecule has 1 heterocycles. The number of rotatable bonds is 6. The van der Waals surface area contributed by atoms with E-state index in [4.69, 9.17) is 0 Å². The second-order valence-corrected chi connectivity index (χ2v) is 6.58. The standard InChI is InChI=1S/C14H19N3O2S/c1-3-4-8-20(18,19)17-13-7-5-6-12(9-13)14-10-15-11(2)16-14/h5-7,9-10,17H,3-4,8H2,1-2H3,(H,15,16). The van der Waals surface area contributed by atoms with E-state index in [2.05, 4.69) is 14.7 Å². The molecule has 0 radical (unpaired) electrons. The summed E-state index contributed by atoms with van der Waals surface area (Å²) in [6, 6.07) is 7.28. The normalized spacial score (nSPS) is 11.5. The van der Waals surface area contributed by atoms with E-state index in [1.54, 1.807) is 18.3 Å². The Morgan fingerprint density at radius 2 is 2.15 bits per heavy atom. The van der Waals surface area contributed by atoms with Crippen LogP contribution in [-0.4, -0.2) is 24.1 Å². The van der Waals surface area contributed by atoms with Crippen LogP contribution < -0.4 is 4.72 Å². The molecule has 0 fully saturated rings. The maximum Gasteiger partial charge on any atom is 0.232 e. The number of aromatic amines is 1. The fourth-order valence-corrected chi connectivity index (χ4v) is 3.14. The molecule has 5 nitrogen and oxygen atoms in total. The summed E-state index contributed by atoms with van der Waals surface area (Å²) in [5.41, 5.74) is 2.35. The van der Waals surface area contributed by atoms with Crippen molar-refractivity contribution in [2.45, 2.75) is 26.7 Å². The molecule has 0 atom stereocenters. The average Bonchev–Trinajstić information content (AvgIpc) is 2.83. The molecule has 2 N–H and O–H groups in total. The zero-order chi connectivity index (χ0) is 14.6. The van der Waals surface area contributed by atoms with Crippen molar-refractivity contribution in [3.05, 3.63) is 36.3 Å². The van der Waals surface area contributed by atoms with Crippen molar-refractivity contribution in [3.63, 3.8) is 0 Å². The fraction of sp³-hybridized carbons (Fsp3) is 0.357. The van der Waals surface area contributed by atoms with Crippen molar-refractivity contribution >= 4 is 15.7 Å². The minimum absolute atomic E-state index is 0.150. The van der Waals surface area contributed by atoms with Crippen molar-refractivity contribution in [2.75, 3.05) is 10.5 Å². The van der Waals surface area contributed by atoms with Crippen molar-refractivity contribution in [3.8, 4) is 11.3 Å². The first-order valence-electron chi connectivity index (χ1n) is 6.63. The van der Waals surface area contributed by atoms with Gasteiger partial charge in [0.1, 0.15) is 5.82 Å². The van der Waals surface area contributed by atoms with Crippen LogP contribution in [0.2, 0.25) is 0 Å². The van der Waals surface area contributed by atoms with E-state index < -0.39 is 10.0 Å². The van der Waals surface area contributed by atoms with Gasteiger partial charge in [0.05, 0.1) is 17.6 Å². The van der Waals surface area contributed by atoms with Crippen molar-refractivity contribution in [2.24, 2.45) is 0 Å². The maximum absolute atomic E-state index is 11.9.